The molecule has 7 heteroatoms. The van der Waals surface area contributed by atoms with Crippen molar-refractivity contribution in [1.29, 1.82) is 0 Å². The second-order valence-corrected chi connectivity index (χ2v) is 8.74. The Labute approximate surface area is 177 Å². The van der Waals surface area contributed by atoms with Gasteiger partial charge in [0.15, 0.2) is 0 Å². The first-order valence-electron chi connectivity index (χ1n) is 9.84. The molecule has 0 saturated heterocycles. The Morgan fingerprint density at radius 3 is 2.50 bits per heavy atom. The van der Waals surface area contributed by atoms with Crippen LogP contribution < -0.4 is 10.0 Å². The van der Waals surface area contributed by atoms with Crippen LogP contribution in [0, 0.1) is 6.92 Å². The summed E-state index contributed by atoms with van der Waals surface area (Å²) in [4.78, 5) is 16.7. The van der Waals surface area contributed by atoms with Crippen molar-refractivity contribution in [3.05, 3.63) is 83.6 Å². The number of carbonyl (C=O) groups excluding carboxylic acids is 1. The lowest BCUT2D eigenvalue weighted by molar-refractivity contribution is 0.102. The molecule has 3 aromatic rings. The lowest BCUT2D eigenvalue weighted by atomic mass is 10.1. The summed E-state index contributed by atoms with van der Waals surface area (Å²) < 4.78 is 28.2. The highest BCUT2D eigenvalue weighted by Crippen LogP contribution is 2.19. The highest BCUT2D eigenvalue weighted by molar-refractivity contribution is 7.92. The average molecular weight is 424 g/mol. The van der Waals surface area contributed by atoms with Gasteiger partial charge in [0.1, 0.15) is 5.82 Å². The number of amides is 1. The number of pyridine rings is 1. The van der Waals surface area contributed by atoms with Crippen LogP contribution >= 0.6 is 0 Å². The largest absolute Gasteiger partial charge is 0.306 e. The van der Waals surface area contributed by atoms with E-state index in [2.05, 4.69) is 21.9 Å². The molecule has 0 atom stereocenters. The zero-order valence-corrected chi connectivity index (χ0v) is 17.9. The molecule has 0 aliphatic carbocycles. The summed E-state index contributed by atoms with van der Waals surface area (Å²) in [5.74, 6) is 0.0196. The maximum absolute atomic E-state index is 12.8. The lowest BCUT2D eigenvalue weighted by Gasteiger charge is -2.11. The van der Waals surface area contributed by atoms with Crippen LogP contribution in [0.25, 0.3) is 0 Å². The molecule has 3 rings (SSSR count). The highest BCUT2D eigenvalue weighted by atomic mass is 32.2. The number of hydrogen-bond donors (Lipinski definition) is 2. The van der Waals surface area contributed by atoms with Crippen LogP contribution in [0.3, 0.4) is 0 Å². The highest BCUT2D eigenvalue weighted by Gasteiger charge is 2.17. The third-order valence-electron chi connectivity index (χ3n) is 4.67. The fraction of sp³-hybridized carbons (Fsp3) is 0.217. The summed E-state index contributed by atoms with van der Waals surface area (Å²) in [7, 11) is -3.83. The number of rotatable bonds is 8. The van der Waals surface area contributed by atoms with E-state index in [4.69, 9.17) is 0 Å². The van der Waals surface area contributed by atoms with Crippen LogP contribution in [-0.2, 0) is 16.4 Å². The number of carbonyl (C=O) groups is 1. The minimum Gasteiger partial charge on any atom is -0.306 e. The summed E-state index contributed by atoms with van der Waals surface area (Å²) >= 11 is 0. The maximum Gasteiger partial charge on any atom is 0.261 e. The molecule has 0 spiro atoms. The van der Waals surface area contributed by atoms with Crippen molar-refractivity contribution in [1.82, 2.24) is 4.98 Å². The van der Waals surface area contributed by atoms with Gasteiger partial charge in [-0.2, -0.15) is 0 Å². The normalized spacial score (nSPS) is 11.1. The Hall–Kier alpha value is -3.19. The minimum absolute atomic E-state index is 0.0166. The third-order valence-corrected chi connectivity index (χ3v) is 6.05. The van der Waals surface area contributed by atoms with E-state index < -0.39 is 15.9 Å². The van der Waals surface area contributed by atoms with Crippen LogP contribution in [0.1, 0.15) is 41.3 Å². The van der Waals surface area contributed by atoms with Gasteiger partial charge in [0.2, 0.25) is 0 Å². The molecule has 2 aromatic carbocycles. The van der Waals surface area contributed by atoms with E-state index in [1.807, 2.05) is 25.1 Å². The van der Waals surface area contributed by atoms with Gasteiger partial charge in [-0.3, -0.25) is 9.52 Å². The minimum atomic E-state index is -3.83. The summed E-state index contributed by atoms with van der Waals surface area (Å²) in [5, 5.41) is 2.71. The SMILES string of the molecule is CCCCc1ccc(NS(=O)(=O)c2cccc(C(=O)Nc3ncccc3C)c2)cc1. The Morgan fingerprint density at radius 1 is 1.03 bits per heavy atom. The van der Waals surface area contributed by atoms with Gasteiger partial charge in [-0.15, -0.1) is 0 Å². The van der Waals surface area contributed by atoms with Gasteiger partial charge in [-0.05, 0) is 67.3 Å². The van der Waals surface area contributed by atoms with Gasteiger partial charge in [-0.1, -0.05) is 37.6 Å². The number of anilines is 2. The van der Waals surface area contributed by atoms with Crippen molar-refractivity contribution >= 4 is 27.4 Å². The molecule has 0 bridgehead atoms. The van der Waals surface area contributed by atoms with Crippen LogP contribution in [0.2, 0.25) is 0 Å². The molecule has 30 heavy (non-hydrogen) atoms. The van der Waals surface area contributed by atoms with E-state index in [9.17, 15) is 13.2 Å². The Morgan fingerprint density at radius 2 is 1.80 bits per heavy atom. The predicted octanol–water partition coefficient (Wildman–Crippen LogP) is 4.79. The Balaban J connectivity index is 1.75. The second kappa shape index (κ2) is 9.54. The lowest BCUT2D eigenvalue weighted by Crippen LogP contribution is -2.16. The number of aryl methyl sites for hydroxylation is 2. The maximum atomic E-state index is 12.8. The number of sulfonamides is 1. The Kier molecular flexibility index (Phi) is 6.84. The fourth-order valence-corrected chi connectivity index (χ4v) is 4.04. The van der Waals surface area contributed by atoms with Gasteiger partial charge in [0.05, 0.1) is 4.90 Å². The third kappa shape index (κ3) is 5.45. The van der Waals surface area contributed by atoms with Crippen LogP contribution in [-0.4, -0.2) is 19.3 Å². The van der Waals surface area contributed by atoms with E-state index in [0.717, 1.165) is 24.8 Å². The van der Waals surface area contributed by atoms with E-state index >= 15 is 0 Å². The quantitative estimate of drug-likeness (QED) is 0.545. The van der Waals surface area contributed by atoms with Crippen LogP contribution in [0.5, 0.6) is 0 Å². The number of nitrogens with one attached hydrogen (secondary N) is 2. The van der Waals surface area contributed by atoms with Gasteiger partial charge in [0, 0.05) is 17.4 Å². The molecule has 0 aliphatic heterocycles. The molecule has 1 aromatic heterocycles. The summed E-state index contributed by atoms with van der Waals surface area (Å²) in [6, 6.07) is 16.9. The molecular weight excluding hydrogens is 398 g/mol. The molecule has 156 valence electrons. The topological polar surface area (TPSA) is 88.2 Å². The first-order chi connectivity index (χ1) is 14.4. The number of unbranched alkanes of at least 4 members (excludes halogenated alkanes) is 1. The van der Waals surface area contributed by atoms with E-state index in [1.54, 1.807) is 36.5 Å². The fourth-order valence-electron chi connectivity index (χ4n) is 2.94. The zero-order valence-electron chi connectivity index (χ0n) is 17.1. The van der Waals surface area contributed by atoms with Gasteiger partial charge >= 0.3 is 0 Å². The molecule has 1 amide bonds. The Bertz CT molecular complexity index is 1130. The van der Waals surface area contributed by atoms with Crippen molar-refractivity contribution in [2.75, 3.05) is 10.0 Å². The standard InChI is InChI=1S/C23H25N3O3S/c1-3-4-8-18-11-13-20(14-12-18)26-30(28,29)21-10-5-9-19(16-21)23(27)25-22-17(2)7-6-15-24-22/h5-7,9-16,26H,3-4,8H2,1-2H3,(H,24,25,27). The number of aromatic nitrogens is 1. The van der Waals surface area contributed by atoms with Crippen molar-refractivity contribution in [2.45, 2.75) is 38.0 Å². The molecule has 0 unspecified atom stereocenters. The van der Waals surface area contributed by atoms with Crippen LogP contribution in [0.15, 0.2) is 71.8 Å². The number of nitrogens with zero attached hydrogens (tertiary/aromatic N) is 1. The van der Waals surface area contributed by atoms with Crippen molar-refractivity contribution in [3.8, 4) is 0 Å². The average Bonchev–Trinajstić information content (AvgIpc) is 2.75. The monoisotopic (exact) mass is 423 g/mol. The van der Waals surface area contributed by atoms with Gasteiger partial charge in [0.25, 0.3) is 15.9 Å². The first-order valence-corrected chi connectivity index (χ1v) is 11.3. The predicted molar refractivity (Wildman–Crippen MR) is 119 cm³/mol. The molecule has 0 radical (unpaired) electrons. The molecular formula is C23H25N3O3S. The van der Waals surface area contributed by atoms with Crippen molar-refractivity contribution in [2.24, 2.45) is 0 Å². The molecule has 0 fully saturated rings. The van der Waals surface area contributed by atoms with Gasteiger partial charge in [-0.25, -0.2) is 13.4 Å². The molecule has 0 aliphatic rings. The summed E-state index contributed by atoms with van der Waals surface area (Å²) in [6.07, 6.45) is 4.76. The smallest absolute Gasteiger partial charge is 0.261 e. The van der Waals surface area contributed by atoms with Crippen molar-refractivity contribution < 1.29 is 13.2 Å². The van der Waals surface area contributed by atoms with E-state index in [-0.39, 0.29) is 10.5 Å². The molecule has 2 N–H and O–H groups in total. The number of hydrogen-bond acceptors (Lipinski definition) is 4. The van der Waals surface area contributed by atoms with E-state index in [1.165, 1.54) is 17.7 Å². The second-order valence-electron chi connectivity index (χ2n) is 7.06. The first kappa shape index (κ1) is 21.5. The summed E-state index contributed by atoms with van der Waals surface area (Å²) in [6.45, 7) is 3.97. The summed E-state index contributed by atoms with van der Waals surface area (Å²) in [5.41, 5.74) is 2.70. The van der Waals surface area contributed by atoms with Crippen LogP contribution in [0.4, 0.5) is 11.5 Å². The molecule has 6 nitrogen and oxygen atoms in total. The van der Waals surface area contributed by atoms with E-state index in [0.29, 0.717) is 11.5 Å². The van der Waals surface area contributed by atoms with Crippen molar-refractivity contribution in [3.63, 3.8) is 0 Å². The van der Waals surface area contributed by atoms with Gasteiger partial charge < -0.3 is 5.32 Å². The number of benzene rings is 2. The molecule has 1 heterocycles. The molecule has 0 saturated carbocycles. The zero-order chi connectivity index (χ0) is 21.6.